The Balaban J connectivity index is 1.72. The lowest BCUT2D eigenvalue weighted by Crippen LogP contribution is -2.35. The molecule has 26 heavy (non-hydrogen) atoms. The third kappa shape index (κ3) is 5.80. The van der Waals surface area contributed by atoms with E-state index in [1.54, 1.807) is 0 Å². The quantitative estimate of drug-likeness (QED) is 0.688. The highest BCUT2D eigenvalue weighted by Gasteiger charge is 2.29. The molecule has 0 aliphatic rings. The Morgan fingerprint density at radius 1 is 0.885 bits per heavy atom. The maximum absolute atomic E-state index is 12.5. The summed E-state index contributed by atoms with van der Waals surface area (Å²) in [5.74, 6) is -0.650. The Hall–Kier alpha value is -3.03. The van der Waals surface area contributed by atoms with Crippen LogP contribution in [0.1, 0.15) is 21.5 Å². The first kappa shape index (κ1) is 19.3. The summed E-state index contributed by atoms with van der Waals surface area (Å²) in [6, 6.07) is 10.1. The van der Waals surface area contributed by atoms with Gasteiger partial charge in [-0.15, -0.1) is 0 Å². The van der Waals surface area contributed by atoms with Gasteiger partial charge in [0.2, 0.25) is 5.91 Å². The molecule has 0 heterocycles. The number of rotatable bonds is 6. The second-order valence-electron chi connectivity index (χ2n) is 5.52. The Morgan fingerprint density at radius 2 is 1.46 bits per heavy atom. The molecule has 8 heteroatoms. The van der Waals surface area contributed by atoms with Crippen molar-refractivity contribution < 1.29 is 27.9 Å². The van der Waals surface area contributed by atoms with Gasteiger partial charge in [-0.25, -0.2) is 0 Å². The van der Waals surface area contributed by atoms with Gasteiger partial charge >= 0.3 is 6.18 Å². The molecule has 138 valence electrons. The summed E-state index contributed by atoms with van der Waals surface area (Å²) in [7, 11) is 0. The summed E-state index contributed by atoms with van der Waals surface area (Å²) >= 11 is 0. The first-order chi connectivity index (χ1) is 12.3. The monoisotopic (exact) mass is 366 g/mol. The molecule has 0 spiro atoms. The Labute approximate surface area is 147 Å². The van der Waals surface area contributed by atoms with Crippen molar-refractivity contribution in [3.8, 4) is 5.75 Å². The maximum Gasteiger partial charge on any atom is 0.416 e. The number of halogens is 3. The van der Waals surface area contributed by atoms with E-state index in [-0.39, 0.29) is 37.1 Å². The Kier molecular flexibility index (Phi) is 6.21. The van der Waals surface area contributed by atoms with E-state index in [4.69, 9.17) is 5.11 Å². The molecule has 2 amide bonds. The van der Waals surface area contributed by atoms with Gasteiger partial charge in [0.15, 0.2) is 0 Å². The normalized spacial score (nSPS) is 11.0. The third-order valence-electron chi connectivity index (χ3n) is 3.51. The lowest BCUT2D eigenvalue weighted by Gasteiger charge is -2.09. The zero-order valence-electron chi connectivity index (χ0n) is 13.6. The van der Waals surface area contributed by atoms with Gasteiger partial charge in [0.25, 0.3) is 5.91 Å². The molecule has 2 aromatic carbocycles. The maximum atomic E-state index is 12.5. The van der Waals surface area contributed by atoms with Crippen molar-refractivity contribution >= 4 is 11.8 Å². The number of carbonyl (C=O) groups is 2. The molecule has 0 fully saturated rings. The Morgan fingerprint density at radius 3 is 2.04 bits per heavy atom. The average molecular weight is 366 g/mol. The van der Waals surface area contributed by atoms with Crippen LogP contribution in [-0.4, -0.2) is 30.0 Å². The highest BCUT2D eigenvalue weighted by molar-refractivity contribution is 5.94. The lowest BCUT2D eigenvalue weighted by atomic mass is 10.1. The molecule has 0 unspecified atom stereocenters. The van der Waals surface area contributed by atoms with Crippen LogP contribution in [0.2, 0.25) is 0 Å². The molecule has 2 rings (SSSR count). The molecule has 3 N–H and O–H groups in total. The van der Waals surface area contributed by atoms with Crippen molar-refractivity contribution in [2.24, 2.45) is 0 Å². The molecule has 0 aliphatic heterocycles. The summed E-state index contributed by atoms with van der Waals surface area (Å²) in [4.78, 5) is 23.6. The van der Waals surface area contributed by atoms with Crippen LogP contribution in [0, 0.1) is 0 Å². The fourth-order valence-electron chi connectivity index (χ4n) is 2.15. The molecule has 0 aliphatic carbocycles. The van der Waals surface area contributed by atoms with Gasteiger partial charge in [0.1, 0.15) is 5.75 Å². The van der Waals surface area contributed by atoms with Crippen LogP contribution >= 0.6 is 0 Å². The minimum atomic E-state index is -4.41. The average Bonchev–Trinajstić information content (AvgIpc) is 2.59. The van der Waals surface area contributed by atoms with E-state index in [0.717, 1.165) is 12.1 Å². The van der Waals surface area contributed by atoms with E-state index in [9.17, 15) is 22.8 Å². The number of alkyl halides is 3. The molecule has 0 bridgehead atoms. The Bertz CT molecular complexity index is 757. The number of hydrogen-bond acceptors (Lipinski definition) is 3. The number of phenolic OH excluding ortho intramolecular Hbond substituents is 1. The van der Waals surface area contributed by atoms with Crippen LogP contribution in [-0.2, 0) is 17.4 Å². The van der Waals surface area contributed by atoms with Gasteiger partial charge in [-0.2, -0.15) is 13.2 Å². The standard InChI is InChI=1S/C18H17F3N2O3/c19-18(20,21)14-5-1-12(2-6-14)11-16(25)22-9-10-23-17(26)13-3-7-15(24)8-4-13/h1-8,24H,9-11H2,(H,22,25)(H,23,26). The number of benzene rings is 2. The van der Waals surface area contributed by atoms with Gasteiger partial charge in [0.05, 0.1) is 12.0 Å². The number of carbonyl (C=O) groups excluding carboxylic acids is 2. The van der Waals surface area contributed by atoms with E-state index in [0.29, 0.717) is 11.1 Å². The fraction of sp³-hybridized carbons (Fsp3) is 0.222. The highest BCUT2D eigenvalue weighted by Crippen LogP contribution is 2.29. The third-order valence-corrected chi connectivity index (χ3v) is 3.51. The van der Waals surface area contributed by atoms with Crippen molar-refractivity contribution in [1.29, 1.82) is 0 Å². The number of hydrogen-bond donors (Lipinski definition) is 3. The minimum absolute atomic E-state index is 0.0515. The molecular formula is C18H17F3N2O3. The van der Waals surface area contributed by atoms with Crippen molar-refractivity contribution in [2.45, 2.75) is 12.6 Å². The molecule has 2 aromatic rings. The predicted octanol–water partition coefficient (Wildman–Crippen LogP) is 2.50. The second kappa shape index (κ2) is 8.37. The number of amides is 2. The lowest BCUT2D eigenvalue weighted by molar-refractivity contribution is -0.137. The van der Waals surface area contributed by atoms with Gasteiger partial charge in [-0.3, -0.25) is 9.59 Å². The number of nitrogens with one attached hydrogen (secondary N) is 2. The molecular weight excluding hydrogens is 349 g/mol. The predicted molar refractivity (Wildman–Crippen MR) is 88.6 cm³/mol. The fourth-order valence-corrected chi connectivity index (χ4v) is 2.15. The van der Waals surface area contributed by atoms with Gasteiger partial charge in [-0.05, 0) is 42.0 Å². The van der Waals surface area contributed by atoms with Crippen LogP contribution in [0.15, 0.2) is 48.5 Å². The number of aromatic hydroxyl groups is 1. The van der Waals surface area contributed by atoms with Gasteiger partial charge in [-0.1, -0.05) is 12.1 Å². The molecule has 0 saturated heterocycles. The van der Waals surface area contributed by atoms with Crippen LogP contribution in [0.25, 0.3) is 0 Å². The highest BCUT2D eigenvalue weighted by atomic mass is 19.4. The second-order valence-corrected chi connectivity index (χ2v) is 5.52. The first-order valence-electron chi connectivity index (χ1n) is 7.76. The zero-order valence-corrected chi connectivity index (χ0v) is 13.6. The van der Waals surface area contributed by atoms with E-state index in [1.165, 1.54) is 36.4 Å². The van der Waals surface area contributed by atoms with Crippen molar-refractivity contribution in [3.63, 3.8) is 0 Å². The van der Waals surface area contributed by atoms with E-state index in [1.807, 2.05) is 0 Å². The largest absolute Gasteiger partial charge is 0.508 e. The van der Waals surface area contributed by atoms with Crippen LogP contribution in [0.4, 0.5) is 13.2 Å². The van der Waals surface area contributed by atoms with E-state index >= 15 is 0 Å². The van der Waals surface area contributed by atoms with Crippen LogP contribution in [0.3, 0.4) is 0 Å². The van der Waals surface area contributed by atoms with Gasteiger partial charge < -0.3 is 15.7 Å². The van der Waals surface area contributed by atoms with Crippen molar-refractivity contribution in [1.82, 2.24) is 10.6 Å². The van der Waals surface area contributed by atoms with E-state index in [2.05, 4.69) is 10.6 Å². The first-order valence-corrected chi connectivity index (χ1v) is 7.76. The SMILES string of the molecule is O=C(Cc1ccc(C(F)(F)F)cc1)NCCNC(=O)c1ccc(O)cc1. The summed E-state index contributed by atoms with van der Waals surface area (Å²) in [6.45, 7) is 0.377. The minimum Gasteiger partial charge on any atom is -0.508 e. The molecule has 0 atom stereocenters. The molecule has 0 saturated carbocycles. The molecule has 0 radical (unpaired) electrons. The smallest absolute Gasteiger partial charge is 0.416 e. The summed E-state index contributed by atoms with van der Waals surface area (Å²) in [5.41, 5.74) is 0.0705. The zero-order chi connectivity index (χ0) is 19.2. The van der Waals surface area contributed by atoms with Crippen LogP contribution in [0.5, 0.6) is 5.75 Å². The van der Waals surface area contributed by atoms with Crippen molar-refractivity contribution in [2.75, 3.05) is 13.1 Å². The molecule has 5 nitrogen and oxygen atoms in total. The molecule has 0 aromatic heterocycles. The summed E-state index contributed by atoms with van der Waals surface area (Å²) < 4.78 is 37.4. The topological polar surface area (TPSA) is 78.4 Å². The summed E-state index contributed by atoms with van der Waals surface area (Å²) in [5, 5.41) is 14.3. The number of phenols is 1. The van der Waals surface area contributed by atoms with Crippen molar-refractivity contribution in [3.05, 3.63) is 65.2 Å². The van der Waals surface area contributed by atoms with E-state index < -0.39 is 11.7 Å². The summed E-state index contributed by atoms with van der Waals surface area (Å²) in [6.07, 6.45) is -4.46. The van der Waals surface area contributed by atoms with Gasteiger partial charge in [0, 0.05) is 18.7 Å². The van der Waals surface area contributed by atoms with Crippen LogP contribution < -0.4 is 10.6 Å².